The number of methoxy groups -OCH3 is 1. The summed E-state index contributed by atoms with van der Waals surface area (Å²) in [7, 11) is -2.55. The van der Waals surface area contributed by atoms with Gasteiger partial charge in [0.25, 0.3) is 0 Å². The van der Waals surface area contributed by atoms with Gasteiger partial charge in [0.05, 0.1) is 31.6 Å². The molecule has 0 radical (unpaired) electrons. The molecule has 0 unspecified atom stereocenters. The summed E-state index contributed by atoms with van der Waals surface area (Å²) in [6.45, 7) is 1.94. The molecule has 0 aromatic heterocycles. The number of sulfonamides is 1. The van der Waals surface area contributed by atoms with Crippen molar-refractivity contribution in [3.05, 3.63) is 24.3 Å². The molecular formula is C14H19NO6S. The molecular weight excluding hydrogens is 310 g/mol. The van der Waals surface area contributed by atoms with E-state index in [0.717, 1.165) is 0 Å². The maximum Gasteiger partial charge on any atom is 0.305 e. The molecule has 0 aliphatic rings. The average Bonchev–Trinajstić information content (AvgIpc) is 2.51. The Morgan fingerprint density at radius 3 is 2.32 bits per heavy atom. The molecule has 1 aromatic carbocycles. The minimum absolute atomic E-state index is 0.0386. The minimum atomic E-state index is -3.77. The molecule has 1 aromatic rings. The van der Waals surface area contributed by atoms with Crippen LogP contribution in [0.15, 0.2) is 29.2 Å². The lowest BCUT2D eigenvalue weighted by Gasteiger charge is -2.07. The van der Waals surface area contributed by atoms with Gasteiger partial charge in [0.2, 0.25) is 10.0 Å². The van der Waals surface area contributed by atoms with Crippen LogP contribution in [0.25, 0.3) is 0 Å². The van der Waals surface area contributed by atoms with E-state index < -0.39 is 16.0 Å². The number of carbonyl (C=O) groups excluding carboxylic acids is 2. The third-order valence-corrected chi connectivity index (χ3v) is 4.16. The third kappa shape index (κ3) is 5.82. The summed E-state index contributed by atoms with van der Waals surface area (Å²) in [6.07, 6.45) is -0.140. The largest absolute Gasteiger partial charge is 0.494 e. The fourth-order valence-electron chi connectivity index (χ4n) is 1.57. The van der Waals surface area contributed by atoms with Gasteiger partial charge in [-0.15, -0.1) is 0 Å². The van der Waals surface area contributed by atoms with Crippen LogP contribution in [0.5, 0.6) is 5.75 Å². The molecule has 0 aliphatic carbocycles. The Labute approximate surface area is 129 Å². The summed E-state index contributed by atoms with van der Waals surface area (Å²) < 4.78 is 35.8. The van der Waals surface area contributed by atoms with Gasteiger partial charge < -0.3 is 9.47 Å². The van der Waals surface area contributed by atoms with Gasteiger partial charge in [-0.25, -0.2) is 13.1 Å². The van der Waals surface area contributed by atoms with Crippen LogP contribution in [-0.2, 0) is 24.3 Å². The van der Waals surface area contributed by atoms with Crippen molar-refractivity contribution < 1.29 is 27.5 Å². The van der Waals surface area contributed by atoms with Crippen molar-refractivity contribution in [3.8, 4) is 5.75 Å². The molecule has 0 fully saturated rings. The number of rotatable bonds is 9. The minimum Gasteiger partial charge on any atom is -0.494 e. The number of nitrogens with one attached hydrogen (secondary N) is 1. The summed E-state index contributed by atoms with van der Waals surface area (Å²) >= 11 is 0. The van der Waals surface area contributed by atoms with Gasteiger partial charge in [-0.1, -0.05) is 0 Å². The molecule has 122 valence electrons. The van der Waals surface area contributed by atoms with E-state index in [4.69, 9.17) is 4.74 Å². The highest BCUT2D eigenvalue weighted by atomic mass is 32.2. The second kappa shape index (κ2) is 8.50. The van der Waals surface area contributed by atoms with Crippen LogP contribution in [0.3, 0.4) is 0 Å². The van der Waals surface area contributed by atoms with Crippen molar-refractivity contribution in [1.82, 2.24) is 4.72 Å². The van der Waals surface area contributed by atoms with Crippen LogP contribution >= 0.6 is 0 Å². The fourth-order valence-corrected chi connectivity index (χ4v) is 2.58. The van der Waals surface area contributed by atoms with Gasteiger partial charge in [-0.05, 0) is 31.2 Å². The Morgan fingerprint density at radius 1 is 1.14 bits per heavy atom. The van der Waals surface area contributed by atoms with Crippen LogP contribution in [0.4, 0.5) is 0 Å². The van der Waals surface area contributed by atoms with Gasteiger partial charge >= 0.3 is 5.97 Å². The predicted octanol–water partition coefficient (Wildman–Crippen LogP) is 0.886. The summed E-state index contributed by atoms with van der Waals surface area (Å²) in [6, 6.07) is 5.87. The zero-order valence-electron chi connectivity index (χ0n) is 12.5. The van der Waals surface area contributed by atoms with E-state index in [-0.39, 0.29) is 30.1 Å². The second-order valence-corrected chi connectivity index (χ2v) is 6.11. The number of ketones is 1. The van der Waals surface area contributed by atoms with E-state index in [0.29, 0.717) is 12.4 Å². The first kappa shape index (κ1) is 18.1. The number of Topliss-reactive ketones (excluding diaryl/α,β-unsaturated/α-hetero) is 1. The van der Waals surface area contributed by atoms with E-state index in [1.807, 2.05) is 6.92 Å². The maximum atomic E-state index is 12.0. The summed E-state index contributed by atoms with van der Waals surface area (Å²) in [5.41, 5.74) is 0. The number of ether oxygens (including phenoxy) is 2. The quantitative estimate of drug-likeness (QED) is 0.675. The van der Waals surface area contributed by atoms with Gasteiger partial charge in [-0.2, -0.15) is 0 Å². The zero-order chi connectivity index (χ0) is 16.6. The van der Waals surface area contributed by atoms with Crippen molar-refractivity contribution in [3.63, 3.8) is 0 Å². The van der Waals surface area contributed by atoms with E-state index in [1.54, 1.807) is 0 Å². The van der Waals surface area contributed by atoms with Crippen molar-refractivity contribution in [2.24, 2.45) is 0 Å². The van der Waals surface area contributed by atoms with Crippen molar-refractivity contribution >= 4 is 21.8 Å². The maximum absolute atomic E-state index is 12.0. The van der Waals surface area contributed by atoms with Gasteiger partial charge in [-0.3, -0.25) is 9.59 Å². The number of hydrogen-bond donors (Lipinski definition) is 1. The van der Waals surface area contributed by atoms with Crippen molar-refractivity contribution in [2.45, 2.75) is 24.7 Å². The number of esters is 1. The molecule has 1 N–H and O–H groups in total. The highest BCUT2D eigenvalue weighted by Gasteiger charge is 2.16. The van der Waals surface area contributed by atoms with Gasteiger partial charge in [0, 0.05) is 6.42 Å². The standard InChI is InChI=1S/C14H19NO6S/c1-3-21-12-5-7-13(8-6-12)22(18,19)15-10-11(16)4-9-14(17)20-2/h5-8,15H,3-4,9-10H2,1-2H3. The number of hydrogen-bond acceptors (Lipinski definition) is 6. The zero-order valence-corrected chi connectivity index (χ0v) is 13.3. The molecule has 7 nitrogen and oxygen atoms in total. The summed E-state index contributed by atoms with van der Waals surface area (Å²) in [4.78, 5) is 22.5. The lowest BCUT2D eigenvalue weighted by Crippen LogP contribution is -2.29. The van der Waals surface area contributed by atoms with Crippen molar-refractivity contribution in [2.75, 3.05) is 20.3 Å². The van der Waals surface area contributed by atoms with Gasteiger partial charge in [0.1, 0.15) is 11.5 Å². The predicted molar refractivity (Wildman–Crippen MR) is 79.1 cm³/mol. The Bertz CT molecular complexity index is 609. The van der Waals surface area contributed by atoms with Gasteiger partial charge in [0.15, 0.2) is 0 Å². The highest BCUT2D eigenvalue weighted by molar-refractivity contribution is 7.89. The molecule has 0 aliphatic heterocycles. The smallest absolute Gasteiger partial charge is 0.305 e. The van der Waals surface area contributed by atoms with Crippen LogP contribution in [-0.4, -0.2) is 40.4 Å². The topological polar surface area (TPSA) is 98.8 Å². The van der Waals surface area contributed by atoms with E-state index in [9.17, 15) is 18.0 Å². The van der Waals surface area contributed by atoms with E-state index in [2.05, 4.69) is 9.46 Å². The molecule has 22 heavy (non-hydrogen) atoms. The van der Waals surface area contributed by atoms with Crippen LogP contribution in [0.1, 0.15) is 19.8 Å². The molecule has 8 heteroatoms. The second-order valence-electron chi connectivity index (χ2n) is 4.34. The first-order chi connectivity index (χ1) is 10.4. The Hall–Kier alpha value is -1.93. The SMILES string of the molecule is CCOc1ccc(S(=O)(=O)NCC(=O)CCC(=O)OC)cc1. The lowest BCUT2D eigenvalue weighted by molar-refractivity contribution is -0.141. The first-order valence-corrected chi connectivity index (χ1v) is 8.18. The summed E-state index contributed by atoms with van der Waals surface area (Å²) in [5, 5.41) is 0. The molecule has 0 saturated heterocycles. The number of carbonyl (C=O) groups is 2. The molecule has 0 atom stereocenters. The van der Waals surface area contributed by atoms with E-state index >= 15 is 0 Å². The normalized spacial score (nSPS) is 11.0. The highest BCUT2D eigenvalue weighted by Crippen LogP contribution is 2.15. The fraction of sp³-hybridized carbons (Fsp3) is 0.429. The Kier molecular flexibility index (Phi) is 7.00. The number of benzene rings is 1. The molecule has 0 saturated carbocycles. The molecule has 0 amide bonds. The van der Waals surface area contributed by atoms with Crippen LogP contribution in [0, 0.1) is 0 Å². The van der Waals surface area contributed by atoms with Crippen LogP contribution in [0.2, 0.25) is 0 Å². The summed E-state index contributed by atoms with van der Waals surface area (Å²) in [5.74, 6) is -0.335. The monoisotopic (exact) mass is 329 g/mol. The Morgan fingerprint density at radius 2 is 1.77 bits per heavy atom. The Balaban J connectivity index is 2.56. The molecule has 1 rings (SSSR count). The first-order valence-electron chi connectivity index (χ1n) is 6.70. The lowest BCUT2D eigenvalue weighted by atomic mass is 10.2. The third-order valence-electron chi connectivity index (χ3n) is 2.74. The molecule has 0 spiro atoms. The van der Waals surface area contributed by atoms with Crippen LogP contribution < -0.4 is 9.46 Å². The van der Waals surface area contributed by atoms with E-state index in [1.165, 1.54) is 31.4 Å². The van der Waals surface area contributed by atoms with Crippen molar-refractivity contribution in [1.29, 1.82) is 0 Å². The average molecular weight is 329 g/mol. The molecule has 0 bridgehead atoms. The molecule has 0 heterocycles.